The summed E-state index contributed by atoms with van der Waals surface area (Å²) in [6, 6.07) is 0.433. The normalized spacial score (nSPS) is 12.8. The molecule has 1 rings (SSSR count). The molecule has 1 unspecified atom stereocenters. The minimum Gasteiger partial charge on any atom is -0.382 e. The minimum absolute atomic E-state index is 0.433. The average Bonchev–Trinajstić information content (AvgIpc) is 2.75. The van der Waals surface area contributed by atoms with Gasteiger partial charge in [-0.3, -0.25) is 4.68 Å². The molecule has 21 heavy (non-hydrogen) atoms. The first-order valence-electron chi connectivity index (χ1n) is 8.15. The molecule has 5 heteroatoms. The third kappa shape index (κ3) is 5.97. The SMILES string of the molecule is CCCNC(CCCOCC)Cc1c(Cl)c(CC)nn1C. The highest BCUT2D eigenvalue weighted by Gasteiger charge is 2.17. The van der Waals surface area contributed by atoms with E-state index in [4.69, 9.17) is 16.3 Å². The third-order valence-electron chi connectivity index (χ3n) is 3.67. The summed E-state index contributed by atoms with van der Waals surface area (Å²) in [6.07, 6.45) is 5.12. The van der Waals surface area contributed by atoms with Crippen molar-refractivity contribution in [3.8, 4) is 0 Å². The number of nitrogens with zero attached hydrogens (tertiary/aromatic N) is 2. The van der Waals surface area contributed by atoms with Crippen LogP contribution >= 0.6 is 11.6 Å². The molecule has 0 radical (unpaired) electrons. The second-order valence-electron chi connectivity index (χ2n) is 5.38. The van der Waals surface area contributed by atoms with E-state index in [1.807, 2.05) is 18.7 Å². The van der Waals surface area contributed by atoms with Gasteiger partial charge in [-0.1, -0.05) is 25.4 Å². The second kappa shape index (κ2) is 10.2. The standard InChI is InChI=1S/C16H30ClN3O/c1-5-10-18-13(9-8-11-21-7-3)12-15-16(17)14(6-2)19-20(15)4/h13,18H,5-12H2,1-4H3. The molecule has 1 heterocycles. The summed E-state index contributed by atoms with van der Waals surface area (Å²) in [5.74, 6) is 0. The molecule has 0 fully saturated rings. The van der Waals surface area contributed by atoms with Crippen LogP contribution in [0.3, 0.4) is 0 Å². The van der Waals surface area contributed by atoms with Crippen LogP contribution in [0.15, 0.2) is 0 Å². The van der Waals surface area contributed by atoms with Crippen molar-refractivity contribution >= 4 is 11.6 Å². The molecule has 122 valence electrons. The minimum atomic E-state index is 0.433. The van der Waals surface area contributed by atoms with Gasteiger partial charge in [0.05, 0.1) is 16.4 Å². The molecule has 0 saturated carbocycles. The van der Waals surface area contributed by atoms with Gasteiger partial charge < -0.3 is 10.1 Å². The van der Waals surface area contributed by atoms with Gasteiger partial charge in [0.15, 0.2) is 0 Å². The lowest BCUT2D eigenvalue weighted by atomic mass is 10.1. The largest absolute Gasteiger partial charge is 0.382 e. The van der Waals surface area contributed by atoms with Crippen molar-refractivity contribution in [2.45, 2.75) is 58.9 Å². The van der Waals surface area contributed by atoms with Gasteiger partial charge in [0.25, 0.3) is 0 Å². The lowest BCUT2D eigenvalue weighted by molar-refractivity contribution is 0.140. The molecule has 0 spiro atoms. The van der Waals surface area contributed by atoms with E-state index in [1.165, 1.54) is 0 Å². The van der Waals surface area contributed by atoms with Crippen molar-refractivity contribution < 1.29 is 4.74 Å². The van der Waals surface area contributed by atoms with Crippen LogP contribution in [0.4, 0.5) is 0 Å². The fourth-order valence-corrected chi connectivity index (χ4v) is 2.85. The summed E-state index contributed by atoms with van der Waals surface area (Å²) in [4.78, 5) is 0. The molecule has 0 aliphatic heterocycles. The zero-order chi connectivity index (χ0) is 15.7. The lowest BCUT2D eigenvalue weighted by Gasteiger charge is -2.19. The quantitative estimate of drug-likeness (QED) is 0.636. The molecular weight excluding hydrogens is 286 g/mol. The molecule has 0 aliphatic rings. The van der Waals surface area contributed by atoms with Gasteiger partial charge in [-0.15, -0.1) is 0 Å². The third-order valence-corrected chi connectivity index (χ3v) is 4.11. The Hall–Kier alpha value is -0.580. The van der Waals surface area contributed by atoms with E-state index in [1.54, 1.807) is 0 Å². The van der Waals surface area contributed by atoms with Crippen molar-refractivity contribution in [3.63, 3.8) is 0 Å². The highest BCUT2D eigenvalue weighted by atomic mass is 35.5. The van der Waals surface area contributed by atoms with E-state index in [9.17, 15) is 0 Å². The summed E-state index contributed by atoms with van der Waals surface area (Å²) < 4.78 is 7.37. The zero-order valence-corrected chi connectivity index (χ0v) is 14.7. The van der Waals surface area contributed by atoms with Crippen molar-refractivity contribution in [2.75, 3.05) is 19.8 Å². The Morgan fingerprint density at radius 1 is 1.33 bits per heavy atom. The van der Waals surface area contributed by atoms with E-state index in [-0.39, 0.29) is 0 Å². The molecule has 1 N–H and O–H groups in total. The predicted octanol–water partition coefficient (Wildman–Crippen LogP) is 3.36. The number of halogens is 1. The Morgan fingerprint density at radius 2 is 2.10 bits per heavy atom. The van der Waals surface area contributed by atoms with Crippen molar-refractivity contribution in [3.05, 3.63) is 16.4 Å². The Labute approximate surface area is 134 Å². The molecular formula is C16H30ClN3O. The van der Waals surface area contributed by atoms with Crippen LogP contribution in [0, 0.1) is 0 Å². The maximum absolute atomic E-state index is 6.46. The van der Waals surface area contributed by atoms with Gasteiger partial charge in [-0.25, -0.2) is 0 Å². The van der Waals surface area contributed by atoms with Crippen LogP contribution in [0.1, 0.15) is 51.4 Å². The highest BCUT2D eigenvalue weighted by Crippen LogP contribution is 2.22. The Balaban J connectivity index is 2.64. The topological polar surface area (TPSA) is 39.1 Å². The van der Waals surface area contributed by atoms with E-state index >= 15 is 0 Å². The Bertz CT molecular complexity index is 406. The van der Waals surface area contributed by atoms with E-state index in [0.29, 0.717) is 6.04 Å². The Morgan fingerprint density at radius 3 is 2.67 bits per heavy atom. The maximum Gasteiger partial charge on any atom is 0.0850 e. The van der Waals surface area contributed by atoms with Gasteiger partial charge >= 0.3 is 0 Å². The summed E-state index contributed by atoms with van der Waals surface area (Å²) in [6.45, 7) is 8.98. The molecule has 1 atom stereocenters. The van der Waals surface area contributed by atoms with Gasteiger partial charge in [0, 0.05) is 32.7 Å². The van der Waals surface area contributed by atoms with Gasteiger partial charge in [-0.05, 0) is 39.2 Å². The van der Waals surface area contributed by atoms with Crippen molar-refractivity contribution in [2.24, 2.45) is 7.05 Å². The summed E-state index contributed by atoms with van der Waals surface area (Å²) in [7, 11) is 1.98. The van der Waals surface area contributed by atoms with Crippen LogP contribution in [0.5, 0.6) is 0 Å². The fraction of sp³-hybridized carbons (Fsp3) is 0.812. The molecule has 0 aliphatic carbocycles. The number of nitrogens with one attached hydrogen (secondary N) is 1. The van der Waals surface area contributed by atoms with E-state index < -0.39 is 0 Å². The second-order valence-corrected chi connectivity index (χ2v) is 5.76. The fourth-order valence-electron chi connectivity index (χ4n) is 2.48. The van der Waals surface area contributed by atoms with Crippen LogP contribution in [0.25, 0.3) is 0 Å². The smallest absolute Gasteiger partial charge is 0.0850 e. The number of hydrogen-bond acceptors (Lipinski definition) is 3. The number of rotatable bonds is 11. The molecule has 0 saturated heterocycles. The van der Waals surface area contributed by atoms with E-state index in [2.05, 4.69) is 24.3 Å². The maximum atomic E-state index is 6.46. The molecule has 1 aromatic heterocycles. The zero-order valence-electron chi connectivity index (χ0n) is 13.9. The number of hydrogen-bond donors (Lipinski definition) is 1. The van der Waals surface area contributed by atoms with Crippen molar-refractivity contribution in [1.82, 2.24) is 15.1 Å². The molecule has 0 aromatic carbocycles. The van der Waals surface area contributed by atoms with Gasteiger partial charge in [0.1, 0.15) is 0 Å². The molecule has 4 nitrogen and oxygen atoms in total. The predicted molar refractivity (Wildman–Crippen MR) is 89.1 cm³/mol. The van der Waals surface area contributed by atoms with E-state index in [0.717, 1.165) is 68.3 Å². The van der Waals surface area contributed by atoms with Gasteiger partial charge in [0.2, 0.25) is 0 Å². The first kappa shape index (κ1) is 18.5. The number of ether oxygens (including phenoxy) is 1. The summed E-state index contributed by atoms with van der Waals surface area (Å²) >= 11 is 6.46. The first-order valence-corrected chi connectivity index (χ1v) is 8.53. The highest BCUT2D eigenvalue weighted by molar-refractivity contribution is 6.31. The monoisotopic (exact) mass is 315 g/mol. The van der Waals surface area contributed by atoms with Crippen LogP contribution in [-0.4, -0.2) is 35.6 Å². The first-order chi connectivity index (χ1) is 10.1. The molecule has 1 aromatic rings. The number of aryl methyl sites for hydroxylation is 2. The Kier molecular flexibility index (Phi) is 8.97. The summed E-state index contributed by atoms with van der Waals surface area (Å²) in [5, 5.41) is 8.97. The summed E-state index contributed by atoms with van der Waals surface area (Å²) in [5.41, 5.74) is 2.14. The van der Waals surface area contributed by atoms with Crippen LogP contribution in [-0.2, 0) is 24.6 Å². The lowest BCUT2D eigenvalue weighted by Crippen LogP contribution is -2.32. The molecule has 0 bridgehead atoms. The molecule has 0 amide bonds. The van der Waals surface area contributed by atoms with Crippen LogP contribution in [0.2, 0.25) is 5.02 Å². The van der Waals surface area contributed by atoms with Gasteiger partial charge in [-0.2, -0.15) is 5.10 Å². The van der Waals surface area contributed by atoms with Crippen LogP contribution < -0.4 is 5.32 Å². The average molecular weight is 316 g/mol. The van der Waals surface area contributed by atoms with Crippen molar-refractivity contribution in [1.29, 1.82) is 0 Å². The number of aromatic nitrogens is 2.